The molecule has 0 saturated carbocycles. The van der Waals surface area contributed by atoms with Gasteiger partial charge in [0.15, 0.2) is 5.43 Å². The van der Waals surface area contributed by atoms with Crippen molar-refractivity contribution in [2.24, 2.45) is 0 Å². The van der Waals surface area contributed by atoms with Crippen molar-refractivity contribution in [2.45, 2.75) is 0 Å². The second-order valence-electron chi connectivity index (χ2n) is 4.69. The van der Waals surface area contributed by atoms with Crippen LogP contribution in [-0.4, -0.2) is 19.2 Å². The maximum atomic E-state index is 12.3. The van der Waals surface area contributed by atoms with Gasteiger partial charge >= 0.3 is 0 Å². The summed E-state index contributed by atoms with van der Waals surface area (Å²) < 4.78 is 10.4. The molecule has 1 heterocycles. The summed E-state index contributed by atoms with van der Waals surface area (Å²) in [7, 11) is 3.20. The fourth-order valence-corrected chi connectivity index (χ4v) is 2.30. The number of fused-ring (bicyclic) bond motifs is 1. The summed E-state index contributed by atoms with van der Waals surface area (Å²) in [4.78, 5) is 15.6. The normalized spacial score (nSPS) is 10.6. The molecule has 0 unspecified atom stereocenters. The highest BCUT2D eigenvalue weighted by Crippen LogP contribution is 2.24. The van der Waals surface area contributed by atoms with Crippen molar-refractivity contribution >= 4 is 10.9 Å². The Kier molecular flexibility index (Phi) is 3.36. The molecule has 4 nitrogen and oxygen atoms in total. The van der Waals surface area contributed by atoms with E-state index >= 15 is 0 Å². The lowest BCUT2D eigenvalue weighted by Crippen LogP contribution is -2.03. The number of nitrogens with one attached hydrogen (secondary N) is 1. The molecule has 2 aromatic carbocycles. The van der Waals surface area contributed by atoms with E-state index in [1.807, 2.05) is 36.4 Å². The van der Waals surface area contributed by atoms with Crippen LogP contribution in [0.2, 0.25) is 0 Å². The monoisotopic (exact) mass is 281 g/mol. The third-order valence-electron chi connectivity index (χ3n) is 3.42. The number of hydrogen-bond acceptors (Lipinski definition) is 3. The highest BCUT2D eigenvalue weighted by atomic mass is 16.5. The number of pyridine rings is 1. The number of hydrogen-bond donors (Lipinski definition) is 1. The summed E-state index contributed by atoms with van der Waals surface area (Å²) >= 11 is 0. The second kappa shape index (κ2) is 5.32. The van der Waals surface area contributed by atoms with Gasteiger partial charge in [-0.05, 0) is 30.3 Å². The van der Waals surface area contributed by atoms with Crippen LogP contribution in [0.5, 0.6) is 11.5 Å². The molecule has 0 spiro atoms. The van der Waals surface area contributed by atoms with Gasteiger partial charge in [-0.25, -0.2) is 0 Å². The Bertz CT molecular complexity index is 852. The molecule has 0 radical (unpaired) electrons. The summed E-state index contributed by atoms with van der Waals surface area (Å²) in [5.74, 6) is 1.42. The van der Waals surface area contributed by atoms with Crippen molar-refractivity contribution in [3.8, 4) is 22.8 Å². The third-order valence-corrected chi connectivity index (χ3v) is 3.42. The minimum absolute atomic E-state index is 0.0412. The average molecular weight is 281 g/mol. The van der Waals surface area contributed by atoms with E-state index in [0.29, 0.717) is 11.1 Å². The zero-order chi connectivity index (χ0) is 14.8. The van der Waals surface area contributed by atoms with Gasteiger partial charge in [0.2, 0.25) is 0 Å². The maximum absolute atomic E-state index is 12.3. The van der Waals surface area contributed by atoms with Crippen LogP contribution in [-0.2, 0) is 0 Å². The van der Waals surface area contributed by atoms with Gasteiger partial charge in [-0.1, -0.05) is 12.1 Å². The molecule has 0 saturated heterocycles. The van der Waals surface area contributed by atoms with Crippen molar-refractivity contribution in [3.63, 3.8) is 0 Å². The van der Waals surface area contributed by atoms with E-state index in [4.69, 9.17) is 9.47 Å². The number of aromatic nitrogens is 1. The zero-order valence-corrected chi connectivity index (χ0v) is 11.8. The summed E-state index contributed by atoms with van der Waals surface area (Å²) in [6.07, 6.45) is 0. The van der Waals surface area contributed by atoms with E-state index < -0.39 is 0 Å². The van der Waals surface area contributed by atoms with Crippen LogP contribution in [0.15, 0.2) is 53.3 Å². The lowest BCUT2D eigenvalue weighted by Gasteiger charge is -2.07. The van der Waals surface area contributed by atoms with Gasteiger partial charge in [0.1, 0.15) is 11.5 Å². The maximum Gasteiger partial charge on any atom is 0.190 e. The van der Waals surface area contributed by atoms with Gasteiger partial charge in [-0.3, -0.25) is 4.79 Å². The van der Waals surface area contributed by atoms with Crippen LogP contribution in [0.1, 0.15) is 0 Å². The minimum atomic E-state index is -0.0412. The SMILES string of the molecule is COc1cccc(-c2cc(=O)c3cc(OC)ccc3[nH]2)c1. The molecule has 0 amide bonds. The number of benzene rings is 2. The van der Waals surface area contributed by atoms with E-state index in [1.54, 1.807) is 26.4 Å². The van der Waals surface area contributed by atoms with E-state index in [9.17, 15) is 4.79 Å². The topological polar surface area (TPSA) is 51.3 Å². The second-order valence-corrected chi connectivity index (χ2v) is 4.69. The molecule has 3 aromatic rings. The van der Waals surface area contributed by atoms with Crippen LogP contribution in [0, 0.1) is 0 Å². The molecule has 4 heteroatoms. The number of methoxy groups -OCH3 is 2. The molecule has 3 rings (SSSR count). The van der Waals surface area contributed by atoms with E-state index in [0.717, 1.165) is 22.5 Å². The first-order valence-electron chi connectivity index (χ1n) is 6.57. The van der Waals surface area contributed by atoms with Crippen molar-refractivity contribution in [1.29, 1.82) is 0 Å². The lowest BCUT2D eigenvalue weighted by molar-refractivity contribution is 0.415. The highest BCUT2D eigenvalue weighted by Gasteiger charge is 2.06. The van der Waals surface area contributed by atoms with Gasteiger partial charge < -0.3 is 14.5 Å². The predicted molar refractivity (Wildman–Crippen MR) is 83.1 cm³/mol. The fraction of sp³-hybridized carbons (Fsp3) is 0.118. The zero-order valence-electron chi connectivity index (χ0n) is 11.8. The Labute approximate surface area is 122 Å². The van der Waals surface area contributed by atoms with E-state index in [1.165, 1.54) is 0 Å². The van der Waals surface area contributed by atoms with E-state index in [-0.39, 0.29) is 5.43 Å². The molecule has 0 aliphatic rings. The van der Waals surface area contributed by atoms with Gasteiger partial charge in [-0.2, -0.15) is 0 Å². The van der Waals surface area contributed by atoms with Crippen molar-refractivity contribution in [2.75, 3.05) is 14.2 Å². The first-order chi connectivity index (χ1) is 10.2. The fourth-order valence-electron chi connectivity index (χ4n) is 2.30. The minimum Gasteiger partial charge on any atom is -0.497 e. The van der Waals surface area contributed by atoms with Gasteiger partial charge in [0.25, 0.3) is 0 Å². The van der Waals surface area contributed by atoms with Crippen LogP contribution in [0.3, 0.4) is 0 Å². The molecule has 106 valence electrons. The summed E-state index contributed by atoms with van der Waals surface area (Å²) in [6.45, 7) is 0. The molecular weight excluding hydrogens is 266 g/mol. The molecule has 0 aliphatic heterocycles. The Morgan fingerprint density at radius 1 is 0.905 bits per heavy atom. The van der Waals surface area contributed by atoms with Crippen LogP contribution >= 0.6 is 0 Å². The molecule has 0 aliphatic carbocycles. The smallest absolute Gasteiger partial charge is 0.190 e. The number of rotatable bonds is 3. The Hall–Kier alpha value is -2.75. The first-order valence-corrected chi connectivity index (χ1v) is 6.57. The average Bonchev–Trinajstić information content (AvgIpc) is 2.54. The Morgan fingerprint density at radius 3 is 2.43 bits per heavy atom. The molecule has 1 N–H and O–H groups in total. The van der Waals surface area contributed by atoms with Crippen LogP contribution in [0.25, 0.3) is 22.2 Å². The van der Waals surface area contributed by atoms with Gasteiger partial charge in [-0.15, -0.1) is 0 Å². The number of H-pyrrole nitrogens is 1. The molecule has 21 heavy (non-hydrogen) atoms. The van der Waals surface area contributed by atoms with Crippen LogP contribution in [0.4, 0.5) is 0 Å². The standard InChI is InChI=1S/C17H15NO3/c1-20-12-5-3-4-11(8-12)16-10-17(19)14-9-13(21-2)6-7-15(14)18-16/h3-10H,1-2H3,(H,18,19). The molecular formula is C17H15NO3. The van der Waals surface area contributed by atoms with Crippen LogP contribution < -0.4 is 14.9 Å². The molecule has 0 fully saturated rings. The van der Waals surface area contributed by atoms with Crippen molar-refractivity contribution in [3.05, 3.63) is 58.8 Å². The Balaban J connectivity index is 2.18. The number of ether oxygens (including phenoxy) is 2. The predicted octanol–water partition coefficient (Wildman–Crippen LogP) is 3.21. The van der Waals surface area contributed by atoms with Crippen molar-refractivity contribution < 1.29 is 9.47 Å². The third kappa shape index (κ3) is 2.48. The number of aromatic amines is 1. The molecule has 0 atom stereocenters. The summed E-state index contributed by atoms with van der Waals surface area (Å²) in [5.41, 5.74) is 2.40. The molecule has 0 bridgehead atoms. The lowest BCUT2D eigenvalue weighted by atomic mass is 10.1. The van der Waals surface area contributed by atoms with Crippen molar-refractivity contribution in [1.82, 2.24) is 4.98 Å². The van der Waals surface area contributed by atoms with Gasteiger partial charge in [0.05, 0.1) is 14.2 Å². The Morgan fingerprint density at radius 2 is 1.67 bits per heavy atom. The molecule has 1 aromatic heterocycles. The quantitative estimate of drug-likeness (QED) is 0.802. The summed E-state index contributed by atoms with van der Waals surface area (Å²) in [6, 6.07) is 14.6. The first kappa shape index (κ1) is 13.2. The largest absolute Gasteiger partial charge is 0.497 e. The summed E-state index contributed by atoms with van der Waals surface area (Å²) in [5, 5.41) is 0.612. The van der Waals surface area contributed by atoms with E-state index in [2.05, 4.69) is 4.98 Å². The highest BCUT2D eigenvalue weighted by molar-refractivity contribution is 5.82. The van der Waals surface area contributed by atoms with Gasteiger partial charge in [0, 0.05) is 28.2 Å².